The molecule has 0 aliphatic carbocycles. The molecule has 2 fully saturated rings. The maximum Gasteiger partial charge on any atom is 0.251 e. The largest absolute Gasteiger partial charge is 0.354 e. The summed E-state index contributed by atoms with van der Waals surface area (Å²) < 4.78 is 13.1. The van der Waals surface area contributed by atoms with Crippen LogP contribution >= 0.6 is 0 Å². The van der Waals surface area contributed by atoms with Crippen molar-refractivity contribution in [2.75, 3.05) is 36.0 Å². The maximum absolute atomic E-state index is 13.1. The highest BCUT2D eigenvalue weighted by molar-refractivity contribution is 6.22. The van der Waals surface area contributed by atoms with Gasteiger partial charge < -0.3 is 4.90 Å². The van der Waals surface area contributed by atoms with Crippen LogP contribution in [0.2, 0.25) is 0 Å². The Morgan fingerprint density at radius 2 is 1.69 bits per heavy atom. The van der Waals surface area contributed by atoms with E-state index in [1.165, 1.54) is 29.2 Å². The monoisotopic (exact) mass is 354 g/mol. The first-order valence-electron chi connectivity index (χ1n) is 8.66. The lowest BCUT2D eigenvalue weighted by Crippen LogP contribution is -2.52. The van der Waals surface area contributed by atoms with E-state index in [0.29, 0.717) is 18.8 Å². The van der Waals surface area contributed by atoms with E-state index in [1.54, 1.807) is 6.20 Å². The molecule has 2 aromatic rings. The highest BCUT2D eigenvalue weighted by Gasteiger charge is 2.43. The van der Waals surface area contributed by atoms with Gasteiger partial charge in [-0.3, -0.25) is 14.5 Å². The molecule has 2 saturated heterocycles. The molecule has 134 valence electrons. The zero-order valence-electron chi connectivity index (χ0n) is 14.2. The number of amides is 2. The Balaban J connectivity index is 1.44. The number of aromatic nitrogens is 1. The maximum atomic E-state index is 13.1. The Labute approximate surface area is 150 Å². The molecular formula is C19H19FN4O2. The summed E-state index contributed by atoms with van der Waals surface area (Å²) in [4.78, 5) is 34.9. The fourth-order valence-corrected chi connectivity index (χ4v) is 3.57. The van der Waals surface area contributed by atoms with Crippen LogP contribution in [0.4, 0.5) is 15.9 Å². The quantitative estimate of drug-likeness (QED) is 0.785. The molecule has 0 N–H and O–H groups in total. The first-order chi connectivity index (χ1) is 12.6. The van der Waals surface area contributed by atoms with E-state index in [9.17, 15) is 14.0 Å². The summed E-state index contributed by atoms with van der Waals surface area (Å²) in [5, 5.41) is 0. The molecular weight excluding hydrogens is 335 g/mol. The number of hydrogen-bond acceptors (Lipinski definition) is 5. The Kier molecular flexibility index (Phi) is 4.38. The van der Waals surface area contributed by atoms with Crippen molar-refractivity contribution in [1.82, 2.24) is 9.88 Å². The fraction of sp³-hybridized carbons (Fsp3) is 0.316. The zero-order chi connectivity index (χ0) is 18.1. The van der Waals surface area contributed by atoms with E-state index in [4.69, 9.17) is 0 Å². The predicted octanol–water partition coefficient (Wildman–Crippen LogP) is 1.67. The minimum absolute atomic E-state index is 0.166. The molecule has 1 atom stereocenters. The molecule has 0 spiro atoms. The highest BCUT2D eigenvalue weighted by atomic mass is 19.1. The van der Waals surface area contributed by atoms with E-state index >= 15 is 0 Å². The minimum atomic E-state index is -0.446. The van der Waals surface area contributed by atoms with Gasteiger partial charge in [0.25, 0.3) is 5.91 Å². The van der Waals surface area contributed by atoms with Crippen LogP contribution in [0.25, 0.3) is 0 Å². The molecule has 1 aromatic carbocycles. The van der Waals surface area contributed by atoms with Crippen molar-refractivity contribution in [1.29, 1.82) is 0 Å². The van der Waals surface area contributed by atoms with Crippen molar-refractivity contribution >= 4 is 23.3 Å². The van der Waals surface area contributed by atoms with Crippen LogP contribution in [0.15, 0.2) is 48.7 Å². The fourth-order valence-electron chi connectivity index (χ4n) is 3.57. The van der Waals surface area contributed by atoms with E-state index in [2.05, 4.69) is 14.8 Å². The number of carbonyl (C=O) groups is 2. The first kappa shape index (κ1) is 16.7. The van der Waals surface area contributed by atoms with Crippen LogP contribution < -0.4 is 9.80 Å². The number of benzene rings is 1. The van der Waals surface area contributed by atoms with E-state index in [1.807, 2.05) is 18.2 Å². The minimum Gasteiger partial charge on any atom is -0.354 e. The Morgan fingerprint density at radius 1 is 0.962 bits per heavy atom. The van der Waals surface area contributed by atoms with Gasteiger partial charge in [0.15, 0.2) is 0 Å². The number of hydrogen-bond donors (Lipinski definition) is 0. The number of anilines is 2. The average molecular weight is 354 g/mol. The molecule has 0 saturated carbocycles. The van der Waals surface area contributed by atoms with Gasteiger partial charge in [0.2, 0.25) is 5.91 Å². The van der Waals surface area contributed by atoms with Gasteiger partial charge in [-0.2, -0.15) is 0 Å². The van der Waals surface area contributed by atoms with Crippen LogP contribution in [0.3, 0.4) is 0 Å². The number of piperazine rings is 1. The molecule has 0 bridgehead atoms. The normalized spacial score (nSPS) is 21.5. The van der Waals surface area contributed by atoms with Crippen molar-refractivity contribution in [3.05, 3.63) is 54.5 Å². The Bertz CT molecular complexity index is 804. The standard InChI is InChI=1S/C19H19FN4O2/c20-14-4-6-15(7-5-14)24-18(25)13-16(19(24)26)22-9-11-23(12-10-22)17-3-1-2-8-21-17/h1-8,16H,9-13H2/t16-/m0/s1. The van der Waals surface area contributed by atoms with Gasteiger partial charge in [-0.25, -0.2) is 14.3 Å². The van der Waals surface area contributed by atoms with Crippen molar-refractivity contribution in [3.8, 4) is 0 Å². The second-order valence-electron chi connectivity index (χ2n) is 6.47. The molecule has 2 aliphatic heterocycles. The molecule has 7 heteroatoms. The van der Waals surface area contributed by atoms with Crippen molar-refractivity contribution < 1.29 is 14.0 Å². The summed E-state index contributed by atoms with van der Waals surface area (Å²) in [7, 11) is 0. The smallest absolute Gasteiger partial charge is 0.251 e. The molecule has 0 unspecified atom stereocenters. The van der Waals surface area contributed by atoms with Gasteiger partial charge in [-0.1, -0.05) is 6.07 Å². The zero-order valence-corrected chi connectivity index (χ0v) is 14.2. The molecule has 6 nitrogen and oxygen atoms in total. The SMILES string of the molecule is O=C1C[C@H](N2CCN(c3ccccn3)CC2)C(=O)N1c1ccc(F)cc1. The van der Waals surface area contributed by atoms with Crippen molar-refractivity contribution in [2.24, 2.45) is 0 Å². The van der Waals surface area contributed by atoms with Crippen LogP contribution in [-0.4, -0.2) is 53.9 Å². The summed E-state index contributed by atoms with van der Waals surface area (Å²) in [6.07, 6.45) is 1.93. The molecule has 2 amide bonds. The van der Waals surface area contributed by atoms with Gasteiger partial charge in [0.1, 0.15) is 11.6 Å². The lowest BCUT2D eigenvalue weighted by Gasteiger charge is -2.37. The third-order valence-corrected chi connectivity index (χ3v) is 4.94. The Hall–Kier alpha value is -2.80. The molecule has 4 rings (SSSR count). The third kappa shape index (κ3) is 3.06. The number of imide groups is 1. The van der Waals surface area contributed by atoms with Crippen molar-refractivity contribution in [3.63, 3.8) is 0 Å². The lowest BCUT2D eigenvalue weighted by molar-refractivity contribution is -0.123. The molecule has 2 aliphatic rings. The number of pyridine rings is 1. The average Bonchev–Trinajstić information content (AvgIpc) is 2.98. The van der Waals surface area contributed by atoms with Crippen LogP contribution in [0.5, 0.6) is 0 Å². The van der Waals surface area contributed by atoms with Crippen LogP contribution in [-0.2, 0) is 9.59 Å². The Morgan fingerprint density at radius 3 is 2.35 bits per heavy atom. The van der Waals surface area contributed by atoms with Gasteiger partial charge in [0.05, 0.1) is 18.2 Å². The van der Waals surface area contributed by atoms with Gasteiger partial charge in [0, 0.05) is 32.4 Å². The molecule has 0 radical (unpaired) electrons. The van der Waals surface area contributed by atoms with Crippen LogP contribution in [0.1, 0.15) is 6.42 Å². The predicted molar refractivity (Wildman–Crippen MR) is 95.3 cm³/mol. The second kappa shape index (κ2) is 6.84. The molecule has 3 heterocycles. The van der Waals surface area contributed by atoms with E-state index in [-0.39, 0.29) is 18.2 Å². The van der Waals surface area contributed by atoms with Crippen LogP contribution in [0, 0.1) is 5.82 Å². The second-order valence-corrected chi connectivity index (χ2v) is 6.47. The molecule has 26 heavy (non-hydrogen) atoms. The number of rotatable bonds is 3. The van der Waals surface area contributed by atoms with Gasteiger partial charge in [-0.15, -0.1) is 0 Å². The summed E-state index contributed by atoms with van der Waals surface area (Å²) in [5.74, 6) is 0.0654. The van der Waals surface area contributed by atoms with E-state index in [0.717, 1.165) is 18.9 Å². The summed E-state index contributed by atoms with van der Waals surface area (Å²) in [5.41, 5.74) is 0.427. The van der Waals surface area contributed by atoms with Crippen molar-refractivity contribution in [2.45, 2.75) is 12.5 Å². The summed E-state index contributed by atoms with van der Waals surface area (Å²) >= 11 is 0. The summed E-state index contributed by atoms with van der Waals surface area (Å²) in [6, 6.07) is 10.8. The molecule has 1 aromatic heterocycles. The number of carbonyl (C=O) groups excluding carboxylic acids is 2. The number of halogens is 1. The van der Waals surface area contributed by atoms with E-state index < -0.39 is 11.9 Å². The lowest BCUT2D eigenvalue weighted by atomic mass is 10.1. The highest BCUT2D eigenvalue weighted by Crippen LogP contribution is 2.27. The summed E-state index contributed by atoms with van der Waals surface area (Å²) in [6.45, 7) is 2.89. The topological polar surface area (TPSA) is 56.8 Å². The number of nitrogens with zero attached hydrogens (tertiary/aromatic N) is 4. The third-order valence-electron chi connectivity index (χ3n) is 4.94. The first-order valence-corrected chi connectivity index (χ1v) is 8.66. The van der Waals surface area contributed by atoms with Gasteiger partial charge >= 0.3 is 0 Å². The van der Waals surface area contributed by atoms with Gasteiger partial charge in [-0.05, 0) is 36.4 Å².